The van der Waals surface area contributed by atoms with Crippen LogP contribution in [0.15, 0.2) is 30.3 Å². The lowest BCUT2D eigenvalue weighted by atomic mass is 9.96. The van der Waals surface area contributed by atoms with Crippen molar-refractivity contribution in [3.05, 3.63) is 35.9 Å². The van der Waals surface area contributed by atoms with E-state index in [1.807, 2.05) is 30.3 Å². The highest BCUT2D eigenvalue weighted by Crippen LogP contribution is 2.34. The van der Waals surface area contributed by atoms with E-state index in [9.17, 15) is 9.90 Å². The fourth-order valence-electron chi connectivity index (χ4n) is 2.82. The van der Waals surface area contributed by atoms with Gasteiger partial charge in [0, 0.05) is 25.1 Å². The molecule has 0 heterocycles. The molecule has 3 N–H and O–H groups in total. The summed E-state index contributed by atoms with van der Waals surface area (Å²) < 4.78 is 0. The lowest BCUT2D eigenvalue weighted by Gasteiger charge is -2.17. The Kier molecular flexibility index (Phi) is 6.05. The topological polar surface area (TPSA) is 61.4 Å². The Bertz CT molecular complexity index is 436. The molecule has 116 valence electrons. The summed E-state index contributed by atoms with van der Waals surface area (Å²) in [6.45, 7) is 2.86. The highest BCUT2D eigenvalue weighted by atomic mass is 16.3. The minimum Gasteiger partial charge on any atom is -0.396 e. The first kappa shape index (κ1) is 15.8. The molecular formula is C17H26N2O2. The summed E-state index contributed by atoms with van der Waals surface area (Å²) in [5.74, 6) is 0.829. The van der Waals surface area contributed by atoms with Crippen molar-refractivity contribution in [2.75, 3.05) is 13.2 Å². The molecule has 4 heteroatoms. The van der Waals surface area contributed by atoms with Gasteiger partial charge in [-0.2, -0.15) is 0 Å². The second-order valence-corrected chi connectivity index (χ2v) is 5.87. The lowest BCUT2D eigenvalue weighted by molar-refractivity contribution is 0.236. The molecule has 3 atom stereocenters. The largest absolute Gasteiger partial charge is 0.396 e. The molecule has 1 fully saturated rings. The van der Waals surface area contributed by atoms with Crippen LogP contribution in [-0.4, -0.2) is 30.3 Å². The van der Waals surface area contributed by atoms with Crippen LogP contribution >= 0.6 is 0 Å². The van der Waals surface area contributed by atoms with E-state index >= 15 is 0 Å². The van der Waals surface area contributed by atoms with Gasteiger partial charge in [0.05, 0.1) is 0 Å². The van der Waals surface area contributed by atoms with Crippen LogP contribution in [0.3, 0.4) is 0 Å². The molecule has 0 radical (unpaired) electrons. The van der Waals surface area contributed by atoms with Crippen molar-refractivity contribution < 1.29 is 9.90 Å². The van der Waals surface area contributed by atoms with E-state index in [0.717, 1.165) is 12.0 Å². The number of aliphatic hydroxyl groups is 1. The van der Waals surface area contributed by atoms with Gasteiger partial charge in [0.25, 0.3) is 0 Å². The highest BCUT2D eigenvalue weighted by molar-refractivity contribution is 5.74. The van der Waals surface area contributed by atoms with Gasteiger partial charge < -0.3 is 15.7 Å². The van der Waals surface area contributed by atoms with Crippen molar-refractivity contribution in [1.82, 2.24) is 10.6 Å². The zero-order valence-corrected chi connectivity index (χ0v) is 12.7. The second-order valence-electron chi connectivity index (χ2n) is 5.87. The number of amides is 2. The van der Waals surface area contributed by atoms with E-state index in [-0.39, 0.29) is 18.6 Å². The summed E-state index contributed by atoms with van der Waals surface area (Å²) in [5, 5.41) is 15.1. The molecule has 4 nitrogen and oxygen atoms in total. The average Bonchev–Trinajstić information content (AvgIpc) is 3.22. The summed E-state index contributed by atoms with van der Waals surface area (Å²) in [5.41, 5.74) is 1.15. The Morgan fingerprint density at radius 3 is 2.81 bits per heavy atom. The van der Waals surface area contributed by atoms with Gasteiger partial charge in [0.15, 0.2) is 0 Å². The smallest absolute Gasteiger partial charge is 0.315 e. The molecule has 1 aliphatic carbocycles. The third kappa shape index (κ3) is 5.05. The minimum atomic E-state index is -0.0857. The van der Waals surface area contributed by atoms with Crippen LogP contribution in [-0.2, 0) is 0 Å². The molecule has 21 heavy (non-hydrogen) atoms. The number of benzene rings is 1. The van der Waals surface area contributed by atoms with Gasteiger partial charge in [0.1, 0.15) is 0 Å². The molecule has 1 aliphatic rings. The average molecular weight is 290 g/mol. The zero-order chi connectivity index (χ0) is 15.1. The highest BCUT2D eigenvalue weighted by Gasteiger charge is 2.37. The Labute approximate surface area is 126 Å². The first-order valence-electron chi connectivity index (χ1n) is 7.94. The number of hydrogen-bond acceptors (Lipinski definition) is 2. The van der Waals surface area contributed by atoms with Crippen LogP contribution in [0.4, 0.5) is 4.79 Å². The van der Waals surface area contributed by atoms with E-state index in [2.05, 4.69) is 17.6 Å². The van der Waals surface area contributed by atoms with Gasteiger partial charge in [-0.15, -0.1) is 0 Å². The Morgan fingerprint density at radius 2 is 2.14 bits per heavy atom. The van der Waals surface area contributed by atoms with Gasteiger partial charge in [0.2, 0.25) is 0 Å². The monoisotopic (exact) mass is 290 g/mol. The van der Waals surface area contributed by atoms with E-state index in [0.29, 0.717) is 24.9 Å². The van der Waals surface area contributed by atoms with Crippen molar-refractivity contribution in [2.24, 2.45) is 5.92 Å². The van der Waals surface area contributed by atoms with Crippen molar-refractivity contribution in [3.8, 4) is 0 Å². The van der Waals surface area contributed by atoms with Gasteiger partial charge in [-0.3, -0.25) is 0 Å². The Hall–Kier alpha value is -1.55. The number of hydrogen-bond donors (Lipinski definition) is 3. The number of carbonyl (C=O) groups excluding carboxylic acids is 1. The molecule has 1 aromatic rings. The molecule has 0 saturated heterocycles. The third-order valence-electron chi connectivity index (χ3n) is 4.16. The van der Waals surface area contributed by atoms with Gasteiger partial charge in [-0.05, 0) is 30.7 Å². The number of carbonyl (C=O) groups is 1. The minimum absolute atomic E-state index is 0.0857. The van der Waals surface area contributed by atoms with Crippen LogP contribution in [0.2, 0.25) is 0 Å². The van der Waals surface area contributed by atoms with E-state index in [1.165, 1.54) is 12.8 Å². The third-order valence-corrected chi connectivity index (χ3v) is 4.16. The van der Waals surface area contributed by atoms with E-state index in [4.69, 9.17) is 0 Å². The fourth-order valence-corrected chi connectivity index (χ4v) is 2.82. The molecule has 1 saturated carbocycles. The molecule has 1 aromatic carbocycles. The number of urea groups is 1. The van der Waals surface area contributed by atoms with Gasteiger partial charge in [-0.1, -0.05) is 43.7 Å². The summed E-state index contributed by atoms with van der Waals surface area (Å²) >= 11 is 0. The maximum atomic E-state index is 11.9. The van der Waals surface area contributed by atoms with Crippen LogP contribution in [0, 0.1) is 5.92 Å². The van der Waals surface area contributed by atoms with Crippen molar-refractivity contribution in [1.29, 1.82) is 0 Å². The molecule has 0 aliphatic heterocycles. The van der Waals surface area contributed by atoms with Crippen molar-refractivity contribution in [3.63, 3.8) is 0 Å². The van der Waals surface area contributed by atoms with Crippen LogP contribution in [0.5, 0.6) is 0 Å². The van der Waals surface area contributed by atoms with Crippen LogP contribution in [0.25, 0.3) is 0 Å². The fraction of sp³-hybridized carbons (Fsp3) is 0.588. The predicted octanol–water partition coefficient (Wildman–Crippen LogP) is 2.64. The number of nitrogens with one attached hydrogen (secondary N) is 2. The quantitative estimate of drug-likeness (QED) is 0.689. The first-order valence-corrected chi connectivity index (χ1v) is 7.94. The standard InChI is InChI=1S/C17H26N2O2/c1-2-6-14-11-16(14)19-17(21)18-12-15(9-10-20)13-7-4-3-5-8-13/h3-5,7-8,14-16,20H,2,6,9-12H2,1H3,(H2,18,19,21). The molecular weight excluding hydrogens is 264 g/mol. The molecule has 0 spiro atoms. The maximum Gasteiger partial charge on any atom is 0.315 e. The summed E-state index contributed by atoms with van der Waals surface area (Å²) in [4.78, 5) is 11.9. The second kappa shape index (κ2) is 8.03. The molecule has 2 amide bonds. The summed E-state index contributed by atoms with van der Waals surface area (Å²) in [7, 11) is 0. The maximum absolute atomic E-state index is 11.9. The Morgan fingerprint density at radius 1 is 1.38 bits per heavy atom. The van der Waals surface area contributed by atoms with E-state index < -0.39 is 0 Å². The number of rotatable bonds is 8. The van der Waals surface area contributed by atoms with Crippen LogP contribution < -0.4 is 10.6 Å². The van der Waals surface area contributed by atoms with Gasteiger partial charge in [-0.25, -0.2) is 4.79 Å². The summed E-state index contributed by atoms with van der Waals surface area (Å²) in [6, 6.07) is 10.3. The zero-order valence-electron chi connectivity index (χ0n) is 12.7. The Balaban J connectivity index is 1.75. The first-order chi connectivity index (χ1) is 10.2. The predicted molar refractivity (Wildman–Crippen MR) is 84.2 cm³/mol. The lowest BCUT2D eigenvalue weighted by Crippen LogP contribution is -2.39. The summed E-state index contributed by atoms with van der Waals surface area (Å²) in [6.07, 6.45) is 4.14. The molecule has 2 rings (SSSR count). The van der Waals surface area contributed by atoms with Crippen molar-refractivity contribution >= 4 is 6.03 Å². The molecule has 0 aromatic heterocycles. The SMILES string of the molecule is CCCC1CC1NC(=O)NCC(CCO)c1ccccc1. The molecule has 3 unspecified atom stereocenters. The van der Waals surface area contributed by atoms with Crippen molar-refractivity contribution in [2.45, 2.75) is 44.6 Å². The van der Waals surface area contributed by atoms with Crippen LogP contribution in [0.1, 0.15) is 44.1 Å². The normalized spacial score (nSPS) is 21.6. The van der Waals surface area contributed by atoms with E-state index in [1.54, 1.807) is 0 Å². The molecule has 0 bridgehead atoms. The van der Waals surface area contributed by atoms with Gasteiger partial charge >= 0.3 is 6.03 Å². The number of aliphatic hydroxyl groups excluding tert-OH is 1.